The number of nitrogens with zero attached hydrogens (tertiary/aromatic N) is 2. The number of rotatable bonds is 5. The molecule has 2 aromatic carbocycles. The minimum Gasteiger partial charge on any atom is -0.490 e. The first-order chi connectivity index (χ1) is 12.0. The molecule has 0 heterocycles. The average Bonchev–Trinajstić information content (AvgIpc) is 2.61. The van der Waals surface area contributed by atoms with Crippen molar-refractivity contribution in [3.05, 3.63) is 69.5 Å². The van der Waals surface area contributed by atoms with Gasteiger partial charge in [-0.2, -0.15) is 5.26 Å². The molecule has 0 bridgehead atoms. The summed E-state index contributed by atoms with van der Waals surface area (Å²) in [6.07, 6.45) is 1.17. The number of nitrogens with one attached hydrogen (secondary N) is 1. The molecule has 25 heavy (non-hydrogen) atoms. The fourth-order valence-electron chi connectivity index (χ4n) is 2.01. The van der Waals surface area contributed by atoms with Gasteiger partial charge in [0.25, 0.3) is 5.91 Å². The van der Waals surface area contributed by atoms with Crippen molar-refractivity contribution in [1.82, 2.24) is 0 Å². The fraction of sp³-hybridized carbons (Fsp3) is 0.0588. The molecule has 1 N–H and O–H groups in total. The van der Waals surface area contributed by atoms with Crippen molar-refractivity contribution in [3.63, 3.8) is 0 Å². The largest absolute Gasteiger partial charge is 0.490 e. The molecule has 0 aromatic heterocycles. The second-order valence-corrected chi connectivity index (χ2v) is 4.79. The third-order valence-electron chi connectivity index (χ3n) is 3.20. The summed E-state index contributed by atoms with van der Waals surface area (Å²) in [6, 6.07) is 11.2. The van der Waals surface area contributed by atoms with Gasteiger partial charge in [-0.25, -0.2) is 4.39 Å². The van der Waals surface area contributed by atoms with Gasteiger partial charge in [0.15, 0.2) is 5.75 Å². The number of ether oxygens (including phenoxy) is 1. The minimum atomic E-state index is -0.828. The smallest absolute Gasteiger partial charge is 0.311 e. The summed E-state index contributed by atoms with van der Waals surface area (Å²) in [7, 11) is 1.29. The summed E-state index contributed by atoms with van der Waals surface area (Å²) in [6.45, 7) is 0. The first-order valence-electron chi connectivity index (χ1n) is 6.96. The molecule has 0 unspecified atom stereocenters. The molecule has 0 spiro atoms. The Kier molecular flexibility index (Phi) is 5.43. The van der Waals surface area contributed by atoms with Gasteiger partial charge in [-0.1, -0.05) is 18.2 Å². The maximum Gasteiger partial charge on any atom is 0.311 e. The molecule has 1 amide bonds. The fourth-order valence-corrected chi connectivity index (χ4v) is 2.01. The molecular formula is C17H12FN3O4. The summed E-state index contributed by atoms with van der Waals surface area (Å²) in [5.41, 5.74) is -0.451. The van der Waals surface area contributed by atoms with Gasteiger partial charge in [0.2, 0.25) is 0 Å². The van der Waals surface area contributed by atoms with Gasteiger partial charge >= 0.3 is 5.69 Å². The van der Waals surface area contributed by atoms with Crippen LogP contribution in [-0.2, 0) is 4.79 Å². The number of hydrogen-bond acceptors (Lipinski definition) is 5. The normalized spacial score (nSPS) is 10.7. The van der Waals surface area contributed by atoms with Crippen LogP contribution in [0.25, 0.3) is 6.08 Å². The van der Waals surface area contributed by atoms with E-state index >= 15 is 0 Å². The van der Waals surface area contributed by atoms with Crippen molar-refractivity contribution in [1.29, 1.82) is 5.26 Å². The molecule has 0 aliphatic heterocycles. The summed E-state index contributed by atoms with van der Waals surface area (Å²) < 4.78 is 18.4. The third kappa shape index (κ3) is 4.17. The van der Waals surface area contributed by atoms with E-state index in [2.05, 4.69) is 5.32 Å². The molecule has 0 saturated carbocycles. The maximum absolute atomic E-state index is 13.6. The van der Waals surface area contributed by atoms with Crippen molar-refractivity contribution in [3.8, 4) is 11.8 Å². The molecular weight excluding hydrogens is 329 g/mol. The highest BCUT2D eigenvalue weighted by molar-refractivity contribution is 6.09. The van der Waals surface area contributed by atoms with Crippen LogP contribution in [0.4, 0.5) is 15.8 Å². The third-order valence-corrected chi connectivity index (χ3v) is 3.20. The molecule has 0 aliphatic rings. The Balaban J connectivity index is 2.33. The lowest BCUT2D eigenvalue weighted by molar-refractivity contribution is -0.385. The predicted octanol–water partition coefficient (Wildman–Crippen LogP) is 3.29. The van der Waals surface area contributed by atoms with Gasteiger partial charge in [0.1, 0.15) is 17.5 Å². The number of carbonyl (C=O) groups excluding carboxylic acids is 1. The highest BCUT2D eigenvalue weighted by Crippen LogP contribution is 2.28. The Morgan fingerprint density at radius 3 is 2.68 bits per heavy atom. The first kappa shape index (κ1) is 17.6. The number of anilines is 1. The van der Waals surface area contributed by atoms with E-state index in [0.29, 0.717) is 0 Å². The molecule has 0 atom stereocenters. The zero-order valence-corrected chi connectivity index (χ0v) is 13.0. The Morgan fingerprint density at radius 1 is 1.36 bits per heavy atom. The van der Waals surface area contributed by atoms with Crippen molar-refractivity contribution in [2.75, 3.05) is 12.4 Å². The number of para-hydroxylation sites is 1. The van der Waals surface area contributed by atoms with Crippen LogP contribution in [-0.4, -0.2) is 17.9 Å². The highest BCUT2D eigenvalue weighted by atomic mass is 19.1. The Morgan fingerprint density at radius 2 is 2.08 bits per heavy atom. The van der Waals surface area contributed by atoms with Crippen molar-refractivity contribution < 1.29 is 18.8 Å². The zero-order valence-electron chi connectivity index (χ0n) is 13.0. The Hall–Kier alpha value is -3.73. The first-order valence-corrected chi connectivity index (χ1v) is 6.96. The summed E-state index contributed by atoms with van der Waals surface area (Å²) in [5.74, 6) is -1.42. The number of benzene rings is 2. The molecule has 126 valence electrons. The topological polar surface area (TPSA) is 105 Å². The number of carbonyl (C=O) groups is 1. The second kappa shape index (κ2) is 7.70. The monoisotopic (exact) mass is 341 g/mol. The number of halogens is 1. The van der Waals surface area contributed by atoms with Gasteiger partial charge in [-0.05, 0) is 29.8 Å². The van der Waals surface area contributed by atoms with Gasteiger partial charge in [0.05, 0.1) is 17.7 Å². The summed E-state index contributed by atoms with van der Waals surface area (Å²) in [4.78, 5) is 22.5. The lowest BCUT2D eigenvalue weighted by Gasteiger charge is -2.06. The van der Waals surface area contributed by atoms with E-state index in [1.807, 2.05) is 0 Å². The molecule has 2 rings (SSSR count). The van der Waals surface area contributed by atoms with Crippen LogP contribution < -0.4 is 10.1 Å². The van der Waals surface area contributed by atoms with Crippen LogP contribution in [0.5, 0.6) is 5.75 Å². The number of nitro groups is 1. The number of nitriles is 1. The van der Waals surface area contributed by atoms with E-state index < -0.39 is 16.6 Å². The van der Waals surface area contributed by atoms with Crippen LogP contribution in [0.2, 0.25) is 0 Å². The predicted molar refractivity (Wildman–Crippen MR) is 88.3 cm³/mol. The van der Waals surface area contributed by atoms with Crippen LogP contribution in [0, 0.1) is 27.3 Å². The highest BCUT2D eigenvalue weighted by Gasteiger charge is 2.16. The van der Waals surface area contributed by atoms with Gasteiger partial charge in [-0.15, -0.1) is 0 Å². The number of methoxy groups -OCH3 is 1. The van der Waals surface area contributed by atoms with Crippen molar-refractivity contribution in [2.45, 2.75) is 0 Å². The zero-order chi connectivity index (χ0) is 18.4. The lowest BCUT2D eigenvalue weighted by Crippen LogP contribution is -2.14. The molecule has 0 aliphatic carbocycles. The van der Waals surface area contributed by atoms with Crippen LogP contribution in [0.15, 0.2) is 48.0 Å². The van der Waals surface area contributed by atoms with Gasteiger partial charge < -0.3 is 10.1 Å². The van der Waals surface area contributed by atoms with Crippen LogP contribution in [0.3, 0.4) is 0 Å². The standard InChI is InChI=1S/C17H12FN3O4/c1-25-16-7-6-11(9-15(16)21(23)24)8-12(10-19)17(22)20-14-5-3-2-4-13(14)18/h2-9H,1H3,(H,20,22)/b12-8+. The second-order valence-electron chi connectivity index (χ2n) is 4.79. The molecule has 0 fully saturated rings. The van der Waals surface area contributed by atoms with E-state index in [1.54, 1.807) is 6.07 Å². The number of hydrogen-bond donors (Lipinski definition) is 1. The molecule has 7 nitrogen and oxygen atoms in total. The lowest BCUT2D eigenvalue weighted by atomic mass is 10.1. The maximum atomic E-state index is 13.6. The molecule has 0 radical (unpaired) electrons. The number of amides is 1. The van der Waals surface area contributed by atoms with Crippen LogP contribution in [0.1, 0.15) is 5.56 Å². The van der Waals surface area contributed by atoms with E-state index in [0.717, 1.165) is 6.07 Å². The Bertz CT molecular complexity index is 903. The summed E-state index contributed by atoms with van der Waals surface area (Å²) in [5, 5.41) is 22.5. The van der Waals surface area contributed by atoms with Gasteiger partial charge in [0, 0.05) is 6.07 Å². The van der Waals surface area contributed by atoms with Crippen LogP contribution >= 0.6 is 0 Å². The SMILES string of the molecule is COc1ccc(/C=C(\C#N)C(=O)Nc2ccccc2F)cc1[N+](=O)[O-]. The molecule has 0 saturated heterocycles. The van der Waals surface area contributed by atoms with Crippen molar-refractivity contribution >= 4 is 23.4 Å². The minimum absolute atomic E-state index is 0.0523. The van der Waals surface area contributed by atoms with E-state index in [1.165, 1.54) is 49.6 Å². The number of nitro benzene ring substituents is 1. The Labute approximate surface area is 142 Å². The molecule has 8 heteroatoms. The van der Waals surface area contributed by atoms with Gasteiger partial charge in [-0.3, -0.25) is 14.9 Å². The quantitative estimate of drug-likeness (QED) is 0.389. The average molecular weight is 341 g/mol. The van der Waals surface area contributed by atoms with E-state index in [9.17, 15) is 19.3 Å². The van der Waals surface area contributed by atoms with E-state index in [4.69, 9.17) is 10.00 Å². The van der Waals surface area contributed by atoms with Crippen molar-refractivity contribution in [2.24, 2.45) is 0 Å². The summed E-state index contributed by atoms with van der Waals surface area (Å²) >= 11 is 0. The van der Waals surface area contributed by atoms with E-state index in [-0.39, 0.29) is 28.3 Å². The molecule has 2 aromatic rings.